The normalized spacial score (nSPS) is 13.4. The van der Waals surface area contributed by atoms with Crippen molar-refractivity contribution in [1.29, 1.82) is 0 Å². The summed E-state index contributed by atoms with van der Waals surface area (Å²) in [6, 6.07) is 0. The van der Waals surface area contributed by atoms with Crippen molar-refractivity contribution in [3.05, 3.63) is 0 Å². The molecule has 0 aromatic carbocycles. The summed E-state index contributed by atoms with van der Waals surface area (Å²) in [5.74, 6) is 3.03. The molecule has 3 heteroatoms. The van der Waals surface area contributed by atoms with E-state index in [4.69, 9.17) is 10.2 Å². The summed E-state index contributed by atoms with van der Waals surface area (Å²) in [4.78, 5) is 0. The van der Waals surface area contributed by atoms with Gasteiger partial charge < -0.3 is 10.2 Å². The van der Waals surface area contributed by atoms with E-state index in [9.17, 15) is 0 Å². The highest BCUT2D eigenvalue weighted by atomic mass is 28.3. The van der Waals surface area contributed by atoms with Crippen LogP contribution in [0.3, 0.4) is 0 Å². The topological polar surface area (TPSA) is 40.5 Å². The minimum atomic E-state index is -1.24. The van der Waals surface area contributed by atoms with Gasteiger partial charge in [-0.2, -0.15) is 0 Å². The summed E-state index contributed by atoms with van der Waals surface area (Å²) < 4.78 is 0. The van der Waals surface area contributed by atoms with E-state index in [1.807, 2.05) is 0 Å². The van der Waals surface area contributed by atoms with Crippen LogP contribution in [-0.2, 0) is 0 Å². The van der Waals surface area contributed by atoms with Gasteiger partial charge in [-0.15, -0.1) is 11.5 Å². The van der Waals surface area contributed by atoms with E-state index < -0.39 is 14.2 Å². The standard InChI is InChI=1S/C9H18O2Si/c1-12(2,3)7-5-4-6-9(11)8-10/h9-11H,4,6,8H2,1-3H3/t9-/m1/s1. The van der Waals surface area contributed by atoms with Crippen LogP contribution >= 0.6 is 0 Å². The molecule has 0 spiro atoms. The first-order valence-electron chi connectivity index (χ1n) is 4.24. The monoisotopic (exact) mass is 186 g/mol. The maximum atomic E-state index is 8.98. The Hall–Kier alpha value is -0.303. The molecule has 0 rings (SSSR count). The van der Waals surface area contributed by atoms with E-state index in [1.54, 1.807) is 0 Å². The lowest BCUT2D eigenvalue weighted by Crippen LogP contribution is -2.16. The van der Waals surface area contributed by atoms with Crippen molar-refractivity contribution < 1.29 is 10.2 Å². The van der Waals surface area contributed by atoms with Crippen LogP contribution in [-0.4, -0.2) is 31.0 Å². The molecule has 0 aliphatic heterocycles. The average Bonchev–Trinajstić information content (AvgIpc) is 1.96. The molecule has 0 aromatic heterocycles. The van der Waals surface area contributed by atoms with Crippen LogP contribution < -0.4 is 0 Å². The Kier molecular flexibility index (Phi) is 5.23. The van der Waals surface area contributed by atoms with E-state index in [0.717, 1.165) is 0 Å². The van der Waals surface area contributed by atoms with Gasteiger partial charge in [0, 0.05) is 6.42 Å². The van der Waals surface area contributed by atoms with Gasteiger partial charge in [0.25, 0.3) is 0 Å². The summed E-state index contributed by atoms with van der Waals surface area (Å²) in [5, 5.41) is 17.5. The van der Waals surface area contributed by atoms with Crippen molar-refractivity contribution in [3.8, 4) is 11.5 Å². The fourth-order valence-electron chi connectivity index (χ4n) is 0.658. The lowest BCUT2D eigenvalue weighted by Gasteiger charge is -2.04. The fraction of sp³-hybridized carbons (Fsp3) is 0.778. The third-order valence-electron chi connectivity index (χ3n) is 1.28. The van der Waals surface area contributed by atoms with Crippen molar-refractivity contribution in [1.82, 2.24) is 0 Å². The van der Waals surface area contributed by atoms with Crippen molar-refractivity contribution in [2.24, 2.45) is 0 Å². The van der Waals surface area contributed by atoms with Crippen LogP contribution in [0.2, 0.25) is 19.6 Å². The fourth-order valence-corrected chi connectivity index (χ4v) is 1.31. The summed E-state index contributed by atoms with van der Waals surface area (Å²) in [6.07, 6.45) is 0.668. The molecule has 12 heavy (non-hydrogen) atoms. The molecular weight excluding hydrogens is 168 g/mol. The summed E-state index contributed by atoms with van der Waals surface area (Å²) in [5.41, 5.74) is 3.20. The minimum absolute atomic E-state index is 0.158. The highest BCUT2D eigenvalue weighted by Gasteiger charge is 2.07. The molecule has 0 aromatic rings. The van der Waals surface area contributed by atoms with E-state index >= 15 is 0 Å². The molecule has 0 saturated carbocycles. The summed E-state index contributed by atoms with van der Waals surface area (Å²) >= 11 is 0. The molecule has 2 nitrogen and oxygen atoms in total. The minimum Gasteiger partial charge on any atom is -0.394 e. The van der Waals surface area contributed by atoms with E-state index in [2.05, 4.69) is 31.1 Å². The second-order valence-corrected chi connectivity index (χ2v) is 8.68. The van der Waals surface area contributed by atoms with Crippen LogP contribution in [0.4, 0.5) is 0 Å². The quantitative estimate of drug-likeness (QED) is 0.510. The molecule has 0 fully saturated rings. The van der Waals surface area contributed by atoms with Gasteiger partial charge in [0.1, 0.15) is 8.07 Å². The van der Waals surface area contributed by atoms with Crippen LogP contribution in [0.1, 0.15) is 12.8 Å². The number of rotatable bonds is 3. The number of aliphatic hydroxyl groups excluding tert-OH is 2. The Balaban J connectivity index is 3.60. The van der Waals surface area contributed by atoms with E-state index in [1.165, 1.54) is 0 Å². The molecule has 0 heterocycles. The Morgan fingerprint density at radius 3 is 2.33 bits per heavy atom. The zero-order chi connectivity index (χ0) is 9.61. The Morgan fingerprint density at radius 2 is 1.92 bits per heavy atom. The average molecular weight is 186 g/mol. The highest BCUT2D eigenvalue weighted by molar-refractivity contribution is 6.83. The Labute approximate surface area is 75.6 Å². The molecule has 0 aliphatic rings. The van der Waals surface area contributed by atoms with Gasteiger partial charge in [-0.3, -0.25) is 0 Å². The van der Waals surface area contributed by atoms with Gasteiger partial charge in [-0.25, -0.2) is 0 Å². The second-order valence-electron chi connectivity index (χ2n) is 3.93. The molecule has 0 bridgehead atoms. The summed E-state index contributed by atoms with van der Waals surface area (Å²) in [6.45, 7) is 6.39. The lowest BCUT2D eigenvalue weighted by molar-refractivity contribution is 0.0896. The van der Waals surface area contributed by atoms with Crippen molar-refractivity contribution in [2.45, 2.75) is 38.6 Å². The smallest absolute Gasteiger partial charge is 0.129 e. The summed E-state index contributed by atoms with van der Waals surface area (Å²) in [7, 11) is -1.24. The lowest BCUT2D eigenvalue weighted by atomic mass is 10.2. The first-order chi connectivity index (χ1) is 5.45. The molecule has 2 N–H and O–H groups in total. The maximum absolute atomic E-state index is 8.98. The second kappa shape index (κ2) is 5.36. The number of hydrogen-bond acceptors (Lipinski definition) is 2. The Bertz CT molecular complexity index is 173. The third kappa shape index (κ3) is 7.80. The molecule has 0 radical (unpaired) electrons. The highest BCUT2D eigenvalue weighted by Crippen LogP contribution is 1.98. The number of aliphatic hydroxyl groups is 2. The van der Waals surface area contributed by atoms with Gasteiger partial charge in [0.15, 0.2) is 0 Å². The predicted octanol–water partition coefficient (Wildman–Crippen LogP) is 1.00. The zero-order valence-corrected chi connectivity index (χ0v) is 9.09. The molecule has 0 unspecified atom stereocenters. The van der Waals surface area contributed by atoms with E-state index in [0.29, 0.717) is 12.8 Å². The van der Waals surface area contributed by atoms with Gasteiger partial charge in [-0.1, -0.05) is 19.6 Å². The number of hydrogen-bond donors (Lipinski definition) is 2. The predicted molar refractivity (Wildman–Crippen MR) is 53.4 cm³/mol. The molecule has 0 aliphatic carbocycles. The molecular formula is C9H18O2Si. The third-order valence-corrected chi connectivity index (χ3v) is 2.20. The largest absolute Gasteiger partial charge is 0.394 e. The SMILES string of the molecule is C[Si](C)(C)C#CCC[C@@H](O)CO. The first kappa shape index (κ1) is 11.7. The van der Waals surface area contributed by atoms with E-state index in [-0.39, 0.29) is 6.61 Å². The van der Waals surface area contributed by atoms with Gasteiger partial charge in [0.05, 0.1) is 12.7 Å². The maximum Gasteiger partial charge on any atom is 0.129 e. The van der Waals surface area contributed by atoms with Gasteiger partial charge >= 0.3 is 0 Å². The Morgan fingerprint density at radius 1 is 1.33 bits per heavy atom. The van der Waals surface area contributed by atoms with Crippen LogP contribution in [0.15, 0.2) is 0 Å². The first-order valence-corrected chi connectivity index (χ1v) is 7.74. The van der Waals surface area contributed by atoms with Crippen molar-refractivity contribution >= 4 is 8.07 Å². The van der Waals surface area contributed by atoms with Crippen molar-refractivity contribution in [3.63, 3.8) is 0 Å². The molecule has 1 atom stereocenters. The zero-order valence-electron chi connectivity index (χ0n) is 8.09. The molecule has 0 saturated heterocycles. The van der Waals surface area contributed by atoms with Crippen LogP contribution in [0, 0.1) is 11.5 Å². The van der Waals surface area contributed by atoms with Gasteiger partial charge in [-0.05, 0) is 6.42 Å². The van der Waals surface area contributed by atoms with Crippen LogP contribution in [0.25, 0.3) is 0 Å². The molecule has 0 amide bonds. The van der Waals surface area contributed by atoms with Crippen molar-refractivity contribution in [2.75, 3.05) is 6.61 Å². The molecule has 70 valence electrons. The van der Waals surface area contributed by atoms with Gasteiger partial charge in [0.2, 0.25) is 0 Å². The van der Waals surface area contributed by atoms with Crippen LogP contribution in [0.5, 0.6) is 0 Å².